The molecule has 0 aromatic carbocycles. The van der Waals surface area contributed by atoms with Crippen molar-refractivity contribution in [1.82, 2.24) is 16.0 Å². The minimum atomic E-state index is -0.490. The minimum Gasteiger partial charge on any atom is -0.341 e. The average molecular weight is 255 g/mol. The van der Waals surface area contributed by atoms with Crippen molar-refractivity contribution in [2.45, 2.75) is 26.4 Å². The van der Waals surface area contributed by atoms with E-state index < -0.39 is 12.1 Å². The Hall–Kier alpha value is -1.40. The number of carbonyl (C=O) groups is 2. The normalized spacial score (nSPS) is 11.9. The van der Waals surface area contributed by atoms with E-state index in [0.717, 1.165) is 0 Å². The molecule has 0 radical (unpaired) electrons. The van der Waals surface area contributed by atoms with E-state index >= 15 is 0 Å². The van der Waals surface area contributed by atoms with Gasteiger partial charge in [-0.05, 0) is 30.9 Å². The largest absolute Gasteiger partial charge is 0.341 e. The zero-order chi connectivity index (χ0) is 12.8. The molecule has 0 spiro atoms. The van der Waals surface area contributed by atoms with Gasteiger partial charge in [-0.2, -0.15) is 0 Å². The van der Waals surface area contributed by atoms with Crippen LogP contribution in [0.2, 0.25) is 0 Å². The number of rotatable bonds is 4. The fraction of sp³-hybridized carbons (Fsp3) is 0.455. The van der Waals surface area contributed by atoms with E-state index in [9.17, 15) is 9.59 Å². The fourth-order valence-corrected chi connectivity index (χ4v) is 2.06. The number of thiophene rings is 1. The van der Waals surface area contributed by atoms with Crippen molar-refractivity contribution in [2.75, 3.05) is 7.05 Å². The number of hydrogen-bond donors (Lipinski definition) is 3. The van der Waals surface area contributed by atoms with Gasteiger partial charge in [-0.25, -0.2) is 4.79 Å². The Bertz CT molecular complexity index is 403. The van der Waals surface area contributed by atoms with Gasteiger partial charge in [-0.1, -0.05) is 0 Å². The van der Waals surface area contributed by atoms with Crippen molar-refractivity contribution in [3.8, 4) is 0 Å². The predicted molar refractivity (Wildman–Crippen MR) is 68.0 cm³/mol. The van der Waals surface area contributed by atoms with Gasteiger partial charge in [0, 0.05) is 18.5 Å². The van der Waals surface area contributed by atoms with Gasteiger partial charge in [0.1, 0.15) is 0 Å². The molecule has 1 rings (SSSR count). The van der Waals surface area contributed by atoms with Crippen molar-refractivity contribution < 1.29 is 9.59 Å². The predicted octanol–water partition coefficient (Wildman–Crippen LogP) is 0.990. The number of amides is 3. The Morgan fingerprint density at radius 1 is 1.47 bits per heavy atom. The summed E-state index contributed by atoms with van der Waals surface area (Å²) in [6.45, 7) is 4.38. The molecule has 1 unspecified atom stereocenters. The van der Waals surface area contributed by atoms with Gasteiger partial charge in [0.2, 0.25) is 5.91 Å². The molecular formula is C11H17N3O2S. The SMILES string of the molecule is CNC(=O)NC(=O)C(C)NCc1sccc1C. The van der Waals surface area contributed by atoms with Crippen LogP contribution in [0.1, 0.15) is 17.4 Å². The summed E-state index contributed by atoms with van der Waals surface area (Å²) in [5.74, 6) is -0.335. The highest BCUT2D eigenvalue weighted by Crippen LogP contribution is 2.14. The lowest BCUT2D eigenvalue weighted by molar-refractivity contribution is -0.121. The summed E-state index contributed by atoms with van der Waals surface area (Å²) in [5.41, 5.74) is 1.21. The summed E-state index contributed by atoms with van der Waals surface area (Å²) in [4.78, 5) is 23.7. The zero-order valence-corrected chi connectivity index (χ0v) is 11.0. The van der Waals surface area contributed by atoms with E-state index in [1.54, 1.807) is 18.3 Å². The summed E-state index contributed by atoms with van der Waals surface area (Å²) in [6, 6.07) is 1.14. The molecule has 0 aliphatic rings. The van der Waals surface area contributed by atoms with Crippen LogP contribution in [0.15, 0.2) is 11.4 Å². The first-order valence-electron chi connectivity index (χ1n) is 5.33. The summed E-state index contributed by atoms with van der Waals surface area (Å²) in [6.07, 6.45) is 0. The smallest absolute Gasteiger partial charge is 0.321 e. The Kier molecular flexibility index (Phi) is 5.11. The molecule has 17 heavy (non-hydrogen) atoms. The molecule has 3 amide bonds. The van der Waals surface area contributed by atoms with Gasteiger partial charge in [-0.3, -0.25) is 10.1 Å². The molecule has 5 nitrogen and oxygen atoms in total. The third-order valence-electron chi connectivity index (χ3n) is 2.39. The minimum absolute atomic E-state index is 0.335. The van der Waals surface area contributed by atoms with Gasteiger partial charge in [0.15, 0.2) is 0 Å². The van der Waals surface area contributed by atoms with Gasteiger partial charge in [0.05, 0.1) is 6.04 Å². The van der Waals surface area contributed by atoms with E-state index in [1.807, 2.05) is 18.4 Å². The van der Waals surface area contributed by atoms with Crippen LogP contribution < -0.4 is 16.0 Å². The van der Waals surface area contributed by atoms with E-state index in [0.29, 0.717) is 6.54 Å². The van der Waals surface area contributed by atoms with Crippen LogP contribution in [0, 0.1) is 6.92 Å². The van der Waals surface area contributed by atoms with Crippen LogP contribution in [0.3, 0.4) is 0 Å². The Morgan fingerprint density at radius 3 is 2.71 bits per heavy atom. The molecule has 1 aromatic rings. The highest BCUT2D eigenvalue weighted by atomic mass is 32.1. The summed E-state index contributed by atoms with van der Waals surface area (Å²) in [7, 11) is 1.47. The lowest BCUT2D eigenvalue weighted by Gasteiger charge is -2.12. The van der Waals surface area contributed by atoms with Gasteiger partial charge < -0.3 is 10.6 Å². The van der Waals surface area contributed by atoms with Crippen molar-refractivity contribution in [3.05, 3.63) is 21.9 Å². The molecule has 0 aliphatic heterocycles. The molecule has 3 N–H and O–H groups in total. The molecule has 0 aliphatic carbocycles. The van der Waals surface area contributed by atoms with Gasteiger partial charge in [0.25, 0.3) is 0 Å². The second-order valence-electron chi connectivity index (χ2n) is 3.70. The third-order valence-corrected chi connectivity index (χ3v) is 3.42. The Morgan fingerprint density at radius 2 is 2.18 bits per heavy atom. The number of aryl methyl sites for hydroxylation is 1. The lowest BCUT2D eigenvalue weighted by atomic mass is 10.2. The van der Waals surface area contributed by atoms with Crippen molar-refractivity contribution in [1.29, 1.82) is 0 Å². The summed E-state index contributed by atoms with van der Waals surface area (Å²) in [5, 5.41) is 9.65. The molecule has 0 bridgehead atoms. The fourth-order valence-electron chi connectivity index (χ4n) is 1.21. The molecule has 0 saturated heterocycles. The molecule has 94 valence electrons. The monoisotopic (exact) mass is 255 g/mol. The van der Waals surface area contributed by atoms with Crippen LogP contribution in [0.25, 0.3) is 0 Å². The number of carbonyl (C=O) groups excluding carboxylic acids is 2. The zero-order valence-electron chi connectivity index (χ0n) is 10.2. The number of imide groups is 1. The van der Waals surface area contributed by atoms with Crippen LogP contribution >= 0.6 is 11.3 Å². The van der Waals surface area contributed by atoms with Crippen LogP contribution in [-0.2, 0) is 11.3 Å². The van der Waals surface area contributed by atoms with Crippen LogP contribution in [0.4, 0.5) is 4.79 Å². The maximum atomic E-state index is 11.5. The maximum absolute atomic E-state index is 11.5. The lowest BCUT2D eigenvalue weighted by Crippen LogP contribution is -2.47. The van der Waals surface area contributed by atoms with Crippen LogP contribution in [-0.4, -0.2) is 25.0 Å². The first kappa shape index (κ1) is 13.7. The van der Waals surface area contributed by atoms with E-state index in [4.69, 9.17) is 0 Å². The maximum Gasteiger partial charge on any atom is 0.321 e. The molecule has 0 saturated carbocycles. The van der Waals surface area contributed by atoms with E-state index in [-0.39, 0.29) is 5.91 Å². The standard InChI is InChI=1S/C11H17N3O2S/c1-7-4-5-17-9(7)6-13-8(2)10(15)14-11(16)12-3/h4-5,8,13H,6H2,1-3H3,(H2,12,14,15,16). The second kappa shape index (κ2) is 6.36. The van der Waals surface area contributed by atoms with Crippen molar-refractivity contribution >= 4 is 23.3 Å². The molecule has 1 aromatic heterocycles. The second-order valence-corrected chi connectivity index (χ2v) is 4.70. The van der Waals surface area contributed by atoms with Gasteiger partial charge >= 0.3 is 6.03 Å². The molecule has 6 heteroatoms. The summed E-state index contributed by atoms with van der Waals surface area (Å²) < 4.78 is 0. The molecular weight excluding hydrogens is 238 g/mol. The number of urea groups is 1. The average Bonchev–Trinajstić information content (AvgIpc) is 2.71. The number of nitrogens with one attached hydrogen (secondary N) is 3. The quantitative estimate of drug-likeness (QED) is 0.751. The van der Waals surface area contributed by atoms with Crippen LogP contribution in [0.5, 0.6) is 0 Å². The van der Waals surface area contributed by atoms with Crippen molar-refractivity contribution in [2.24, 2.45) is 0 Å². The van der Waals surface area contributed by atoms with E-state index in [1.165, 1.54) is 17.5 Å². The third kappa shape index (κ3) is 4.16. The molecule has 0 fully saturated rings. The summed E-state index contributed by atoms with van der Waals surface area (Å²) >= 11 is 1.65. The molecule has 1 atom stereocenters. The first-order chi connectivity index (χ1) is 8.04. The van der Waals surface area contributed by atoms with E-state index in [2.05, 4.69) is 16.0 Å². The number of hydrogen-bond acceptors (Lipinski definition) is 4. The molecule has 1 heterocycles. The highest BCUT2D eigenvalue weighted by Gasteiger charge is 2.14. The Labute approximate surface area is 105 Å². The highest BCUT2D eigenvalue weighted by molar-refractivity contribution is 7.10. The van der Waals surface area contributed by atoms with Crippen molar-refractivity contribution in [3.63, 3.8) is 0 Å². The topological polar surface area (TPSA) is 70.2 Å². The first-order valence-corrected chi connectivity index (χ1v) is 6.21. The Balaban J connectivity index is 2.39. The van der Waals surface area contributed by atoms with Gasteiger partial charge in [-0.15, -0.1) is 11.3 Å².